The van der Waals surface area contributed by atoms with Crippen molar-refractivity contribution in [2.24, 2.45) is 0 Å². The van der Waals surface area contributed by atoms with E-state index in [0.717, 1.165) is 24.9 Å². The molecule has 4 N–H and O–H groups in total. The molecular formula is C23H27N7O4. The Balaban J connectivity index is 1.56. The second-order valence-electron chi connectivity index (χ2n) is 7.81. The van der Waals surface area contributed by atoms with Gasteiger partial charge in [0.2, 0.25) is 5.95 Å². The fraction of sp³-hybridized carbons (Fsp3) is 0.348. The minimum absolute atomic E-state index is 0.0105. The molecule has 11 heteroatoms. The van der Waals surface area contributed by atoms with Crippen LogP contribution in [0.25, 0.3) is 0 Å². The van der Waals surface area contributed by atoms with Crippen LogP contribution in [0, 0.1) is 0 Å². The van der Waals surface area contributed by atoms with Gasteiger partial charge in [0.25, 0.3) is 5.91 Å². The van der Waals surface area contributed by atoms with E-state index < -0.39 is 0 Å². The molecule has 1 fully saturated rings. The number of amides is 1. The van der Waals surface area contributed by atoms with Crippen molar-refractivity contribution in [2.75, 3.05) is 30.5 Å². The molecule has 0 unspecified atom stereocenters. The number of nitrogens with zero attached hydrogens (tertiary/aromatic N) is 5. The molecule has 2 aromatic heterocycles. The lowest BCUT2D eigenvalue weighted by Crippen LogP contribution is -2.34. The Labute approximate surface area is 196 Å². The van der Waals surface area contributed by atoms with Gasteiger partial charge in [-0.2, -0.15) is 4.98 Å². The highest BCUT2D eigenvalue weighted by atomic mass is 16.5. The molecule has 178 valence electrons. The standard InChI is InChI=1S/C23H27N7O4/c1-34-19-6-5-15(10-18(19)32)11-26-21-17(22(33)27-13-20-24-7-3-8-25-20)12-28-23(29-21)30-9-2-4-16(30)14-31/h3,5-8,10,12,16,31-32H,2,4,9,11,13-14H2,1H3,(H,27,33)(H,26,28,29)/t16-/m0/s1. The van der Waals surface area contributed by atoms with Crippen molar-refractivity contribution in [3.8, 4) is 11.5 Å². The lowest BCUT2D eigenvalue weighted by Gasteiger charge is -2.24. The average molecular weight is 466 g/mol. The van der Waals surface area contributed by atoms with E-state index >= 15 is 0 Å². The Morgan fingerprint density at radius 1 is 1.24 bits per heavy atom. The number of nitrogens with one attached hydrogen (secondary N) is 2. The summed E-state index contributed by atoms with van der Waals surface area (Å²) in [5.74, 6) is 1.29. The average Bonchev–Trinajstić information content (AvgIpc) is 3.35. The molecule has 1 saturated heterocycles. The van der Waals surface area contributed by atoms with Crippen LogP contribution in [0.4, 0.5) is 11.8 Å². The number of anilines is 2. The third-order valence-corrected chi connectivity index (χ3v) is 5.59. The molecule has 0 aliphatic carbocycles. The van der Waals surface area contributed by atoms with Crippen LogP contribution in [0.3, 0.4) is 0 Å². The second kappa shape index (κ2) is 10.8. The van der Waals surface area contributed by atoms with Gasteiger partial charge in [-0.25, -0.2) is 15.0 Å². The zero-order chi connectivity index (χ0) is 23.9. The number of aromatic nitrogens is 4. The number of methoxy groups -OCH3 is 1. The maximum atomic E-state index is 12.9. The summed E-state index contributed by atoms with van der Waals surface area (Å²) in [5, 5.41) is 25.7. The maximum Gasteiger partial charge on any atom is 0.256 e. The molecule has 1 atom stereocenters. The number of benzene rings is 1. The molecule has 1 aliphatic heterocycles. The minimum Gasteiger partial charge on any atom is -0.504 e. The summed E-state index contributed by atoms with van der Waals surface area (Å²) in [5.41, 5.74) is 1.04. The first-order valence-corrected chi connectivity index (χ1v) is 11.0. The molecule has 3 aromatic rings. The van der Waals surface area contributed by atoms with Crippen LogP contribution in [0.5, 0.6) is 11.5 Å². The molecule has 0 bridgehead atoms. The predicted octanol–water partition coefficient (Wildman–Crippen LogP) is 1.48. The molecule has 0 radical (unpaired) electrons. The first kappa shape index (κ1) is 23.2. The molecular weight excluding hydrogens is 438 g/mol. The number of rotatable bonds is 9. The van der Waals surface area contributed by atoms with Crippen LogP contribution in [0.2, 0.25) is 0 Å². The summed E-state index contributed by atoms with van der Waals surface area (Å²) in [7, 11) is 1.48. The van der Waals surface area contributed by atoms with Gasteiger partial charge in [0.15, 0.2) is 11.5 Å². The number of ether oxygens (including phenoxy) is 1. The molecule has 1 aliphatic rings. The van der Waals surface area contributed by atoms with Crippen LogP contribution in [0.1, 0.15) is 34.6 Å². The van der Waals surface area contributed by atoms with Gasteiger partial charge in [-0.05, 0) is 36.6 Å². The van der Waals surface area contributed by atoms with E-state index in [0.29, 0.717) is 29.9 Å². The Morgan fingerprint density at radius 3 is 2.79 bits per heavy atom. The quantitative estimate of drug-likeness (QED) is 0.366. The highest BCUT2D eigenvalue weighted by Crippen LogP contribution is 2.28. The molecule has 1 amide bonds. The molecule has 0 saturated carbocycles. The van der Waals surface area contributed by atoms with Crippen LogP contribution < -0.4 is 20.3 Å². The van der Waals surface area contributed by atoms with E-state index in [4.69, 9.17) is 4.74 Å². The van der Waals surface area contributed by atoms with Crippen LogP contribution in [0.15, 0.2) is 42.9 Å². The Morgan fingerprint density at radius 2 is 2.06 bits per heavy atom. The zero-order valence-electron chi connectivity index (χ0n) is 18.8. The lowest BCUT2D eigenvalue weighted by molar-refractivity contribution is 0.0950. The second-order valence-corrected chi connectivity index (χ2v) is 7.81. The van der Waals surface area contributed by atoms with Crippen molar-refractivity contribution in [1.82, 2.24) is 25.3 Å². The van der Waals surface area contributed by atoms with Gasteiger partial charge in [0.05, 0.1) is 26.3 Å². The van der Waals surface area contributed by atoms with Crippen LogP contribution >= 0.6 is 0 Å². The van der Waals surface area contributed by atoms with Crippen LogP contribution in [-0.4, -0.2) is 62.4 Å². The van der Waals surface area contributed by atoms with Crippen molar-refractivity contribution < 1.29 is 19.7 Å². The van der Waals surface area contributed by atoms with E-state index in [1.165, 1.54) is 13.3 Å². The number of aliphatic hydroxyl groups excluding tert-OH is 1. The van der Waals surface area contributed by atoms with Gasteiger partial charge in [-0.15, -0.1) is 0 Å². The predicted molar refractivity (Wildman–Crippen MR) is 125 cm³/mol. The van der Waals surface area contributed by atoms with Gasteiger partial charge in [-0.3, -0.25) is 4.79 Å². The topological polar surface area (TPSA) is 146 Å². The number of hydrogen-bond donors (Lipinski definition) is 4. The summed E-state index contributed by atoms with van der Waals surface area (Å²) in [6, 6.07) is 6.71. The van der Waals surface area contributed by atoms with Crippen LogP contribution in [-0.2, 0) is 13.1 Å². The number of carbonyl (C=O) groups excluding carboxylic acids is 1. The molecule has 3 heterocycles. The third-order valence-electron chi connectivity index (χ3n) is 5.59. The van der Waals surface area contributed by atoms with E-state index in [1.807, 2.05) is 11.0 Å². The fourth-order valence-corrected chi connectivity index (χ4v) is 3.81. The van der Waals surface area contributed by atoms with Gasteiger partial charge < -0.3 is 30.5 Å². The largest absolute Gasteiger partial charge is 0.504 e. The van der Waals surface area contributed by atoms with Crippen molar-refractivity contribution >= 4 is 17.7 Å². The van der Waals surface area contributed by atoms with E-state index in [1.54, 1.807) is 30.6 Å². The number of phenolic OH excluding ortho intramolecular Hbond substituents is 1. The minimum atomic E-state index is -0.376. The molecule has 1 aromatic carbocycles. The van der Waals surface area contributed by atoms with E-state index in [9.17, 15) is 15.0 Å². The maximum absolute atomic E-state index is 12.9. The number of aromatic hydroxyl groups is 1. The monoisotopic (exact) mass is 465 g/mol. The Hall–Kier alpha value is -3.99. The van der Waals surface area contributed by atoms with Gasteiger partial charge in [0, 0.05) is 31.7 Å². The molecule has 34 heavy (non-hydrogen) atoms. The Kier molecular flexibility index (Phi) is 7.33. The number of aliphatic hydroxyl groups is 1. The third kappa shape index (κ3) is 5.31. The van der Waals surface area contributed by atoms with E-state index in [2.05, 4.69) is 30.6 Å². The molecule has 4 rings (SSSR count). The summed E-state index contributed by atoms with van der Waals surface area (Å²) in [4.78, 5) is 32.1. The first-order chi connectivity index (χ1) is 16.6. The van der Waals surface area contributed by atoms with Crippen molar-refractivity contribution in [3.05, 3.63) is 59.8 Å². The van der Waals surface area contributed by atoms with E-state index in [-0.39, 0.29) is 36.4 Å². The summed E-state index contributed by atoms with van der Waals surface area (Å²) < 4.78 is 5.09. The molecule has 11 nitrogen and oxygen atoms in total. The normalized spacial score (nSPS) is 15.2. The highest BCUT2D eigenvalue weighted by molar-refractivity contribution is 5.98. The van der Waals surface area contributed by atoms with Crippen molar-refractivity contribution in [3.63, 3.8) is 0 Å². The Bertz CT molecular complexity index is 1130. The van der Waals surface area contributed by atoms with Gasteiger partial charge >= 0.3 is 0 Å². The van der Waals surface area contributed by atoms with Crippen molar-refractivity contribution in [1.29, 1.82) is 0 Å². The first-order valence-electron chi connectivity index (χ1n) is 11.0. The molecule has 0 spiro atoms. The number of phenols is 1. The SMILES string of the molecule is COc1ccc(CNc2nc(N3CCC[C@H]3CO)ncc2C(=O)NCc2ncccn2)cc1O. The van der Waals surface area contributed by atoms with Gasteiger partial charge in [-0.1, -0.05) is 6.07 Å². The fourth-order valence-electron chi connectivity index (χ4n) is 3.81. The summed E-state index contributed by atoms with van der Waals surface area (Å²) in [6.45, 7) is 1.20. The zero-order valence-corrected chi connectivity index (χ0v) is 18.8. The summed E-state index contributed by atoms with van der Waals surface area (Å²) in [6.07, 6.45) is 6.48. The summed E-state index contributed by atoms with van der Waals surface area (Å²) >= 11 is 0. The number of carbonyl (C=O) groups is 1. The smallest absolute Gasteiger partial charge is 0.256 e. The van der Waals surface area contributed by atoms with Crippen molar-refractivity contribution in [2.45, 2.75) is 32.0 Å². The number of hydrogen-bond acceptors (Lipinski definition) is 10. The lowest BCUT2D eigenvalue weighted by atomic mass is 10.2. The van der Waals surface area contributed by atoms with Gasteiger partial charge in [0.1, 0.15) is 17.2 Å². The highest BCUT2D eigenvalue weighted by Gasteiger charge is 2.27.